The van der Waals surface area contributed by atoms with Crippen molar-refractivity contribution in [2.24, 2.45) is 0 Å². The second kappa shape index (κ2) is 6.79. The number of hydrogen-bond acceptors (Lipinski definition) is 2. The molecule has 0 spiro atoms. The van der Waals surface area contributed by atoms with Crippen molar-refractivity contribution in [1.29, 1.82) is 0 Å². The SMILES string of the molecule is CC(c1ccccc1O)N(C)C(=O)c1cc(I)ccc1Br. The van der Waals surface area contributed by atoms with Crippen LogP contribution in [0.1, 0.15) is 28.9 Å². The normalized spacial score (nSPS) is 12.0. The molecule has 0 aromatic heterocycles. The fraction of sp³-hybridized carbons (Fsp3) is 0.188. The first-order valence-electron chi connectivity index (χ1n) is 6.42. The van der Waals surface area contributed by atoms with E-state index in [2.05, 4.69) is 38.5 Å². The fourth-order valence-corrected chi connectivity index (χ4v) is 2.98. The van der Waals surface area contributed by atoms with Crippen molar-refractivity contribution >= 4 is 44.4 Å². The Morgan fingerprint density at radius 1 is 1.29 bits per heavy atom. The van der Waals surface area contributed by atoms with E-state index in [9.17, 15) is 9.90 Å². The molecule has 0 saturated heterocycles. The van der Waals surface area contributed by atoms with Gasteiger partial charge in [-0.25, -0.2) is 0 Å². The monoisotopic (exact) mass is 459 g/mol. The molecule has 0 radical (unpaired) electrons. The summed E-state index contributed by atoms with van der Waals surface area (Å²) >= 11 is 5.60. The van der Waals surface area contributed by atoms with E-state index in [0.717, 1.165) is 13.6 Å². The minimum atomic E-state index is -0.219. The van der Waals surface area contributed by atoms with Crippen molar-refractivity contribution in [1.82, 2.24) is 4.90 Å². The smallest absolute Gasteiger partial charge is 0.255 e. The summed E-state index contributed by atoms with van der Waals surface area (Å²) in [5.41, 5.74) is 1.35. The van der Waals surface area contributed by atoms with Gasteiger partial charge in [0, 0.05) is 20.7 Å². The number of hydrogen-bond donors (Lipinski definition) is 1. The fourth-order valence-electron chi connectivity index (χ4n) is 2.08. The maximum absolute atomic E-state index is 12.7. The highest BCUT2D eigenvalue weighted by Gasteiger charge is 2.22. The van der Waals surface area contributed by atoms with Crippen LogP contribution in [0.25, 0.3) is 0 Å². The molecule has 0 aliphatic carbocycles. The number of para-hydroxylation sites is 1. The molecule has 1 atom stereocenters. The van der Waals surface area contributed by atoms with Crippen molar-refractivity contribution in [3.05, 3.63) is 61.6 Å². The number of phenols is 1. The maximum atomic E-state index is 12.7. The number of halogens is 2. The summed E-state index contributed by atoms with van der Waals surface area (Å²) in [4.78, 5) is 14.3. The summed E-state index contributed by atoms with van der Waals surface area (Å²) in [6.07, 6.45) is 0. The van der Waals surface area contributed by atoms with Gasteiger partial charge in [-0.15, -0.1) is 0 Å². The standard InChI is InChI=1S/C16H15BrINO2/c1-10(12-5-3-4-6-15(12)20)19(2)16(21)13-9-11(18)7-8-14(13)17/h3-10,20H,1-2H3. The zero-order valence-corrected chi connectivity index (χ0v) is 15.4. The van der Waals surface area contributed by atoms with Gasteiger partial charge in [-0.2, -0.15) is 0 Å². The van der Waals surface area contributed by atoms with E-state index in [-0.39, 0.29) is 17.7 Å². The highest BCUT2D eigenvalue weighted by Crippen LogP contribution is 2.29. The molecule has 2 rings (SSSR count). The predicted molar refractivity (Wildman–Crippen MR) is 95.5 cm³/mol. The molecule has 1 unspecified atom stereocenters. The first-order chi connectivity index (χ1) is 9.91. The number of phenolic OH excluding ortho intramolecular Hbond substituents is 1. The van der Waals surface area contributed by atoms with E-state index in [4.69, 9.17) is 0 Å². The second-order valence-corrected chi connectivity index (χ2v) is 6.87. The van der Waals surface area contributed by atoms with Crippen LogP contribution >= 0.6 is 38.5 Å². The molecule has 0 aliphatic heterocycles. The molecule has 0 saturated carbocycles. The van der Waals surface area contributed by atoms with Crippen LogP contribution in [0, 0.1) is 3.57 Å². The maximum Gasteiger partial charge on any atom is 0.255 e. The lowest BCUT2D eigenvalue weighted by atomic mass is 10.1. The molecule has 2 aromatic rings. The summed E-state index contributed by atoms with van der Waals surface area (Å²) in [6.45, 7) is 1.90. The Bertz CT molecular complexity index is 675. The van der Waals surface area contributed by atoms with Crippen molar-refractivity contribution in [3.8, 4) is 5.75 Å². The Balaban J connectivity index is 2.31. The van der Waals surface area contributed by atoms with Gasteiger partial charge in [0.2, 0.25) is 0 Å². The minimum absolute atomic E-state index is 0.0869. The average molecular weight is 460 g/mol. The van der Waals surface area contributed by atoms with E-state index in [1.165, 1.54) is 0 Å². The molecular formula is C16H15BrINO2. The Kier molecular flexibility index (Phi) is 5.27. The highest BCUT2D eigenvalue weighted by atomic mass is 127. The first kappa shape index (κ1) is 16.3. The summed E-state index contributed by atoms with van der Waals surface area (Å²) in [5.74, 6) is 0.113. The van der Waals surface area contributed by atoms with Crippen LogP contribution in [0.3, 0.4) is 0 Å². The number of carbonyl (C=O) groups is 1. The number of amides is 1. The molecule has 1 N–H and O–H groups in total. The van der Waals surface area contributed by atoms with Gasteiger partial charge in [-0.3, -0.25) is 4.79 Å². The van der Waals surface area contributed by atoms with E-state index in [0.29, 0.717) is 5.56 Å². The van der Waals surface area contributed by atoms with Crippen molar-refractivity contribution in [2.75, 3.05) is 7.05 Å². The second-order valence-electron chi connectivity index (χ2n) is 4.78. The van der Waals surface area contributed by atoms with Crippen LogP contribution in [-0.4, -0.2) is 23.0 Å². The number of nitrogens with zero attached hydrogens (tertiary/aromatic N) is 1. The van der Waals surface area contributed by atoms with Gasteiger partial charge >= 0.3 is 0 Å². The molecular weight excluding hydrogens is 445 g/mol. The van der Waals surface area contributed by atoms with Gasteiger partial charge in [0.1, 0.15) is 5.75 Å². The first-order valence-corrected chi connectivity index (χ1v) is 8.29. The zero-order valence-electron chi connectivity index (χ0n) is 11.7. The van der Waals surface area contributed by atoms with E-state index >= 15 is 0 Å². The Morgan fingerprint density at radius 2 is 1.95 bits per heavy atom. The molecule has 2 aromatic carbocycles. The molecule has 0 fully saturated rings. The van der Waals surface area contributed by atoms with Gasteiger partial charge in [-0.05, 0) is 69.7 Å². The van der Waals surface area contributed by atoms with Crippen molar-refractivity contribution < 1.29 is 9.90 Å². The zero-order chi connectivity index (χ0) is 15.6. The van der Waals surface area contributed by atoms with Crippen LogP contribution < -0.4 is 0 Å². The van der Waals surface area contributed by atoms with Crippen molar-refractivity contribution in [2.45, 2.75) is 13.0 Å². The molecule has 0 aliphatic rings. The number of benzene rings is 2. The van der Waals surface area contributed by atoms with Crippen LogP contribution in [-0.2, 0) is 0 Å². The summed E-state index contributed by atoms with van der Waals surface area (Å²) in [7, 11) is 1.74. The average Bonchev–Trinajstić information content (AvgIpc) is 2.48. The van der Waals surface area contributed by atoms with Gasteiger partial charge in [0.05, 0.1) is 11.6 Å². The largest absolute Gasteiger partial charge is 0.508 e. The Hall–Kier alpha value is -1.08. The minimum Gasteiger partial charge on any atom is -0.508 e. The van der Waals surface area contributed by atoms with Crippen LogP contribution in [0.2, 0.25) is 0 Å². The Morgan fingerprint density at radius 3 is 2.62 bits per heavy atom. The molecule has 21 heavy (non-hydrogen) atoms. The number of aromatic hydroxyl groups is 1. The van der Waals surface area contributed by atoms with Gasteiger partial charge in [-0.1, -0.05) is 18.2 Å². The highest BCUT2D eigenvalue weighted by molar-refractivity contribution is 14.1. The van der Waals surface area contributed by atoms with E-state index < -0.39 is 0 Å². The Labute approximate surface area is 146 Å². The third-order valence-electron chi connectivity index (χ3n) is 3.45. The van der Waals surface area contributed by atoms with Crippen LogP contribution in [0.4, 0.5) is 0 Å². The topological polar surface area (TPSA) is 40.5 Å². The molecule has 110 valence electrons. The number of rotatable bonds is 3. The molecule has 0 heterocycles. The van der Waals surface area contributed by atoms with Gasteiger partial charge < -0.3 is 10.0 Å². The lowest BCUT2D eigenvalue weighted by Gasteiger charge is -2.26. The van der Waals surface area contributed by atoms with E-state index in [1.807, 2.05) is 37.3 Å². The lowest BCUT2D eigenvalue weighted by molar-refractivity contribution is 0.0740. The van der Waals surface area contributed by atoms with Gasteiger partial charge in [0.25, 0.3) is 5.91 Å². The quantitative estimate of drug-likeness (QED) is 0.682. The molecule has 5 heteroatoms. The van der Waals surface area contributed by atoms with Crippen molar-refractivity contribution in [3.63, 3.8) is 0 Å². The predicted octanol–water partition coefficient (Wildman–Crippen LogP) is 4.59. The van der Waals surface area contributed by atoms with E-state index in [1.54, 1.807) is 24.1 Å². The summed E-state index contributed by atoms with van der Waals surface area (Å²) in [5, 5.41) is 9.93. The van der Waals surface area contributed by atoms with Gasteiger partial charge in [0.15, 0.2) is 0 Å². The molecule has 1 amide bonds. The van der Waals surface area contributed by atoms with Crippen LogP contribution in [0.5, 0.6) is 5.75 Å². The molecule has 3 nitrogen and oxygen atoms in total. The third-order valence-corrected chi connectivity index (χ3v) is 4.81. The lowest BCUT2D eigenvalue weighted by Crippen LogP contribution is -2.30. The molecule has 0 bridgehead atoms. The number of carbonyl (C=O) groups excluding carboxylic acids is 1. The summed E-state index contributed by atoms with van der Waals surface area (Å²) in [6, 6.07) is 12.5. The third kappa shape index (κ3) is 3.58. The van der Waals surface area contributed by atoms with Crippen LogP contribution in [0.15, 0.2) is 46.9 Å². The summed E-state index contributed by atoms with van der Waals surface area (Å²) < 4.78 is 1.77.